The second-order valence-electron chi connectivity index (χ2n) is 5.23. The molecule has 19 heavy (non-hydrogen) atoms. The third-order valence-electron chi connectivity index (χ3n) is 3.71. The summed E-state index contributed by atoms with van der Waals surface area (Å²) in [5.74, 6) is -0.0720. The van der Waals surface area contributed by atoms with Crippen molar-refractivity contribution in [1.29, 1.82) is 0 Å². The highest BCUT2D eigenvalue weighted by Crippen LogP contribution is 2.18. The Bertz CT molecular complexity index is 461. The average molecular weight is 262 g/mol. The molecule has 3 N–H and O–H groups in total. The largest absolute Gasteiger partial charge is 0.348 e. The number of aryl methyl sites for hydroxylation is 2. The van der Waals surface area contributed by atoms with E-state index in [0.29, 0.717) is 12.0 Å². The molecule has 2 atom stereocenters. The maximum Gasteiger partial charge on any atom is 0.253 e. The fourth-order valence-electron chi connectivity index (χ4n) is 2.56. The normalized spacial score (nSPS) is 23.1. The predicted molar refractivity (Wildman–Crippen MR) is 73.8 cm³/mol. The van der Waals surface area contributed by atoms with Crippen molar-refractivity contribution < 1.29 is 4.79 Å². The monoisotopic (exact) mass is 262 g/mol. The Morgan fingerprint density at radius 1 is 1.42 bits per heavy atom. The van der Waals surface area contributed by atoms with Gasteiger partial charge in [-0.25, -0.2) is 0 Å². The van der Waals surface area contributed by atoms with Crippen molar-refractivity contribution in [3.8, 4) is 0 Å². The lowest BCUT2D eigenvalue weighted by atomic mass is 9.91. The number of carbonyl (C=O) groups is 1. The Hall–Kier alpha value is -1.49. The summed E-state index contributed by atoms with van der Waals surface area (Å²) in [6.07, 6.45) is 4.94. The van der Waals surface area contributed by atoms with Gasteiger partial charge < -0.3 is 11.1 Å². The zero-order valence-electron chi connectivity index (χ0n) is 11.6. The van der Waals surface area contributed by atoms with Gasteiger partial charge in [-0.2, -0.15) is 10.2 Å². The van der Waals surface area contributed by atoms with E-state index >= 15 is 0 Å². The predicted octanol–water partition coefficient (Wildman–Crippen LogP) is 1.35. The number of nitrogens with one attached hydrogen (secondary N) is 1. The van der Waals surface area contributed by atoms with Gasteiger partial charge in [0.2, 0.25) is 0 Å². The van der Waals surface area contributed by atoms with Crippen LogP contribution in [0.2, 0.25) is 0 Å². The van der Waals surface area contributed by atoms with Gasteiger partial charge in [-0.05, 0) is 32.3 Å². The zero-order chi connectivity index (χ0) is 13.8. The molecule has 5 heteroatoms. The van der Waals surface area contributed by atoms with Crippen LogP contribution in [0.15, 0.2) is 6.07 Å². The summed E-state index contributed by atoms with van der Waals surface area (Å²) in [5, 5.41) is 11.1. The number of hydrogen-bond acceptors (Lipinski definition) is 4. The lowest BCUT2D eigenvalue weighted by molar-refractivity contribution is 0.0919. The third-order valence-corrected chi connectivity index (χ3v) is 3.71. The molecule has 2 rings (SSSR count). The lowest BCUT2D eigenvalue weighted by Gasteiger charge is -2.29. The molecule has 104 valence electrons. The van der Waals surface area contributed by atoms with E-state index in [1.807, 2.05) is 13.8 Å². The van der Waals surface area contributed by atoms with Crippen molar-refractivity contribution in [3.05, 3.63) is 23.0 Å². The van der Waals surface area contributed by atoms with Gasteiger partial charge in [-0.3, -0.25) is 4.79 Å². The van der Waals surface area contributed by atoms with Crippen molar-refractivity contribution >= 4 is 5.91 Å². The van der Waals surface area contributed by atoms with E-state index < -0.39 is 0 Å². The summed E-state index contributed by atoms with van der Waals surface area (Å²) in [5.41, 5.74) is 8.20. The molecule has 5 nitrogen and oxygen atoms in total. The Balaban J connectivity index is 2.13. The lowest BCUT2D eigenvalue weighted by Crippen LogP contribution is -2.49. The Morgan fingerprint density at radius 3 is 2.84 bits per heavy atom. The second kappa shape index (κ2) is 6.10. The quantitative estimate of drug-likeness (QED) is 0.861. The minimum Gasteiger partial charge on any atom is -0.348 e. The van der Waals surface area contributed by atoms with Crippen molar-refractivity contribution in [3.63, 3.8) is 0 Å². The van der Waals surface area contributed by atoms with Crippen LogP contribution in [-0.2, 0) is 6.42 Å². The Kier molecular flexibility index (Phi) is 4.47. The molecule has 1 heterocycles. The first-order chi connectivity index (χ1) is 9.11. The summed E-state index contributed by atoms with van der Waals surface area (Å²) in [4.78, 5) is 12.4. The number of nitrogens with two attached hydrogens (primary N) is 1. The van der Waals surface area contributed by atoms with E-state index in [9.17, 15) is 4.79 Å². The fraction of sp³-hybridized carbons (Fsp3) is 0.643. The van der Waals surface area contributed by atoms with Crippen LogP contribution in [0.25, 0.3) is 0 Å². The molecule has 0 radical (unpaired) electrons. The van der Waals surface area contributed by atoms with E-state index in [4.69, 9.17) is 5.73 Å². The Morgan fingerprint density at radius 2 is 2.16 bits per heavy atom. The molecule has 1 aliphatic carbocycles. The van der Waals surface area contributed by atoms with Crippen LogP contribution < -0.4 is 11.1 Å². The summed E-state index contributed by atoms with van der Waals surface area (Å²) in [6.45, 7) is 3.82. The standard InChI is InChI=1S/C14H22N4O/c1-3-12-10(8-9(2)17-18-12)14(19)16-13-7-5-4-6-11(13)15/h8,11,13H,3-7,15H2,1-2H3,(H,16,19)/t11-,13-/m1/s1. The summed E-state index contributed by atoms with van der Waals surface area (Å²) < 4.78 is 0. The van der Waals surface area contributed by atoms with Crippen LogP contribution in [0.5, 0.6) is 0 Å². The minimum absolute atomic E-state index is 0.0682. The van der Waals surface area contributed by atoms with E-state index in [0.717, 1.165) is 37.1 Å². The van der Waals surface area contributed by atoms with Crippen LogP contribution in [0, 0.1) is 6.92 Å². The molecule has 1 aliphatic rings. The molecule has 1 aromatic rings. The van der Waals surface area contributed by atoms with E-state index in [2.05, 4.69) is 15.5 Å². The molecule has 0 aliphatic heterocycles. The maximum absolute atomic E-state index is 12.4. The van der Waals surface area contributed by atoms with Crippen molar-refractivity contribution in [1.82, 2.24) is 15.5 Å². The van der Waals surface area contributed by atoms with E-state index in [1.165, 1.54) is 0 Å². The molecule has 1 saturated carbocycles. The zero-order valence-corrected chi connectivity index (χ0v) is 11.6. The van der Waals surface area contributed by atoms with Crippen LogP contribution in [-0.4, -0.2) is 28.2 Å². The number of nitrogens with zero attached hydrogens (tertiary/aromatic N) is 2. The van der Waals surface area contributed by atoms with Crippen molar-refractivity contribution in [2.45, 2.75) is 58.0 Å². The van der Waals surface area contributed by atoms with E-state index in [-0.39, 0.29) is 18.0 Å². The van der Waals surface area contributed by atoms with Crippen LogP contribution in [0.4, 0.5) is 0 Å². The van der Waals surface area contributed by atoms with Gasteiger partial charge in [-0.15, -0.1) is 0 Å². The molecule has 1 amide bonds. The molecule has 0 saturated heterocycles. The van der Waals surface area contributed by atoms with Crippen molar-refractivity contribution in [2.75, 3.05) is 0 Å². The number of aromatic nitrogens is 2. The highest BCUT2D eigenvalue weighted by Gasteiger charge is 2.24. The van der Waals surface area contributed by atoms with Gasteiger partial charge in [-0.1, -0.05) is 19.8 Å². The van der Waals surface area contributed by atoms with Gasteiger partial charge in [0.15, 0.2) is 0 Å². The SMILES string of the molecule is CCc1nnc(C)cc1C(=O)N[C@@H]1CCCC[C@H]1N. The number of rotatable bonds is 3. The van der Waals surface area contributed by atoms with Crippen LogP contribution >= 0.6 is 0 Å². The molecule has 1 fully saturated rings. The first-order valence-corrected chi connectivity index (χ1v) is 7.01. The van der Waals surface area contributed by atoms with Gasteiger partial charge in [0, 0.05) is 12.1 Å². The van der Waals surface area contributed by atoms with Crippen LogP contribution in [0.3, 0.4) is 0 Å². The smallest absolute Gasteiger partial charge is 0.253 e. The first-order valence-electron chi connectivity index (χ1n) is 7.01. The summed E-state index contributed by atoms with van der Waals surface area (Å²) in [7, 11) is 0. The molecule has 0 spiro atoms. The number of carbonyl (C=O) groups excluding carboxylic acids is 1. The molecule has 0 unspecified atom stereocenters. The van der Waals surface area contributed by atoms with Gasteiger partial charge in [0.1, 0.15) is 0 Å². The Labute approximate surface area is 114 Å². The number of amides is 1. The highest BCUT2D eigenvalue weighted by atomic mass is 16.1. The second-order valence-corrected chi connectivity index (χ2v) is 5.23. The number of hydrogen-bond donors (Lipinski definition) is 2. The van der Waals surface area contributed by atoms with Gasteiger partial charge in [0.05, 0.1) is 17.0 Å². The molecule has 1 aromatic heterocycles. The molecule has 0 bridgehead atoms. The third kappa shape index (κ3) is 3.29. The van der Waals surface area contributed by atoms with Gasteiger partial charge >= 0.3 is 0 Å². The highest BCUT2D eigenvalue weighted by molar-refractivity contribution is 5.95. The van der Waals surface area contributed by atoms with Crippen LogP contribution in [0.1, 0.15) is 54.4 Å². The van der Waals surface area contributed by atoms with E-state index in [1.54, 1.807) is 6.07 Å². The summed E-state index contributed by atoms with van der Waals surface area (Å²) >= 11 is 0. The fourth-order valence-corrected chi connectivity index (χ4v) is 2.56. The maximum atomic E-state index is 12.4. The first kappa shape index (κ1) is 13.9. The summed E-state index contributed by atoms with van der Waals surface area (Å²) in [6, 6.07) is 1.95. The molecular formula is C14H22N4O. The molecule has 0 aromatic carbocycles. The topological polar surface area (TPSA) is 80.9 Å². The average Bonchev–Trinajstić information content (AvgIpc) is 2.41. The van der Waals surface area contributed by atoms with Crippen molar-refractivity contribution in [2.24, 2.45) is 5.73 Å². The molecular weight excluding hydrogens is 240 g/mol. The minimum atomic E-state index is -0.0720. The van der Waals surface area contributed by atoms with Gasteiger partial charge in [0.25, 0.3) is 5.91 Å².